The summed E-state index contributed by atoms with van der Waals surface area (Å²) in [6, 6.07) is 0. The molecule has 0 N–H and O–H groups in total. The highest BCUT2D eigenvalue weighted by Gasteiger charge is 2.15. The molecule has 0 atom stereocenters. The molecule has 0 aromatic heterocycles. The van der Waals surface area contributed by atoms with Crippen LogP contribution in [0.3, 0.4) is 0 Å². The molecule has 114 valence electrons. The maximum atomic E-state index is 2.63. The molecule has 0 aromatic carbocycles. The van der Waals surface area contributed by atoms with E-state index in [-0.39, 0.29) is 4.70 Å². The van der Waals surface area contributed by atoms with Gasteiger partial charge < -0.3 is 4.90 Å². The zero-order chi connectivity index (χ0) is 13.1. The van der Waals surface area contributed by atoms with Crippen molar-refractivity contribution in [1.82, 2.24) is 4.90 Å². The van der Waals surface area contributed by atoms with Gasteiger partial charge in [0.25, 0.3) is 0 Å². The van der Waals surface area contributed by atoms with Gasteiger partial charge >= 0.3 is 0 Å². The van der Waals surface area contributed by atoms with E-state index < -0.39 is 0 Å². The highest BCUT2D eigenvalue weighted by atomic mass is 19.0. The first-order chi connectivity index (χ1) is 8.88. The summed E-state index contributed by atoms with van der Waals surface area (Å²) in [6.45, 7) is 7.17. The van der Waals surface area contributed by atoms with Gasteiger partial charge in [-0.3, -0.25) is 4.70 Å². The Morgan fingerprint density at radius 3 is 2.37 bits per heavy atom. The van der Waals surface area contributed by atoms with Crippen molar-refractivity contribution in [1.29, 1.82) is 0 Å². The fourth-order valence-corrected chi connectivity index (χ4v) is 2.78. The number of allylic oxidation sites excluding steroid dienone is 2. The molecule has 0 aromatic rings. The quantitative estimate of drug-likeness (QED) is 0.463. The minimum Gasteiger partial charge on any atom is -0.375 e. The maximum Gasteiger partial charge on any atom is 0.0178 e. The lowest BCUT2D eigenvalue weighted by Gasteiger charge is -2.19. The Hall–Kier alpha value is -0.530. The molecule has 1 aliphatic rings. The van der Waals surface area contributed by atoms with Crippen LogP contribution in [0.25, 0.3) is 0 Å². The second-order valence-electron chi connectivity index (χ2n) is 5.70. The van der Waals surface area contributed by atoms with Crippen LogP contribution in [0, 0.1) is 0 Å². The van der Waals surface area contributed by atoms with Gasteiger partial charge in [0.15, 0.2) is 0 Å². The molecule has 0 unspecified atom stereocenters. The van der Waals surface area contributed by atoms with Crippen LogP contribution >= 0.6 is 0 Å². The van der Waals surface area contributed by atoms with Crippen LogP contribution in [-0.4, -0.2) is 18.0 Å². The maximum absolute atomic E-state index is 2.63. The van der Waals surface area contributed by atoms with E-state index in [1.807, 2.05) is 0 Å². The Balaban J connectivity index is 0.00000324. The van der Waals surface area contributed by atoms with Gasteiger partial charge in [-0.2, -0.15) is 0 Å². The molecule has 1 nitrogen and oxygen atoms in total. The Morgan fingerprint density at radius 1 is 0.947 bits per heavy atom. The topological polar surface area (TPSA) is 3.24 Å². The van der Waals surface area contributed by atoms with Crippen molar-refractivity contribution in [3.63, 3.8) is 0 Å². The molecule has 0 radical (unpaired) electrons. The average Bonchev–Trinajstić information content (AvgIpc) is 2.83. The van der Waals surface area contributed by atoms with Crippen LogP contribution in [0.2, 0.25) is 0 Å². The highest BCUT2D eigenvalue weighted by Crippen LogP contribution is 2.22. The first kappa shape index (κ1) is 18.5. The van der Waals surface area contributed by atoms with Gasteiger partial charge in [-0.15, -0.1) is 0 Å². The van der Waals surface area contributed by atoms with E-state index >= 15 is 0 Å². The third-order valence-electron chi connectivity index (χ3n) is 3.99. The standard InChI is InChI=1S/C17H33N.FH/c1-3-5-7-8-9-10-11-13-17-14-12-16-18(17)15-6-4-2;/h13H,3-12,14-16H2,1-2H3;1H. The molecule has 1 aliphatic heterocycles. The number of halogens is 1. The lowest BCUT2D eigenvalue weighted by molar-refractivity contribution is 0.381. The van der Waals surface area contributed by atoms with Crippen molar-refractivity contribution < 1.29 is 4.70 Å². The van der Waals surface area contributed by atoms with Gasteiger partial charge in [-0.1, -0.05) is 58.4 Å². The van der Waals surface area contributed by atoms with Crippen LogP contribution in [0.5, 0.6) is 0 Å². The van der Waals surface area contributed by atoms with Gasteiger partial charge in [-0.05, 0) is 32.1 Å². The fraction of sp³-hybridized carbons (Fsp3) is 0.882. The SMILES string of the molecule is CCCCCCCCC=C1CCCN1CCCC.F. The van der Waals surface area contributed by atoms with Crippen LogP contribution in [0.1, 0.15) is 84.5 Å². The van der Waals surface area contributed by atoms with E-state index in [4.69, 9.17) is 0 Å². The summed E-state index contributed by atoms with van der Waals surface area (Å²) in [7, 11) is 0. The number of nitrogens with zero attached hydrogens (tertiary/aromatic N) is 1. The summed E-state index contributed by atoms with van der Waals surface area (Å²) in [6.07, 6.45) is 17.7. The van der Waals surface area contributed by atoms with Crippen LogP contribution in [0.15, 0.2) is 11.8 Å². The molecular weight excluding hydrogens is 237 g/mol. The van der Waals surface area contributed by atoms with Crippen LogP contribution < -0.4 is 0 Å². The second kappa shape index (κ2) is 12.5. The minimum atomic E-state index is 0. The van der Waals surface area contributed by atoms with Crippen molar-refractivity contribution in [2.45, 2.75) is 84.5 Å². The predicted octanol–water partition coefficient (Wildman–Crippen LogP) is 5.67. The predicted molar refractivity (Wildman–Crippen MR) is 84.3 cm³/mol. The molecule has 1 rings (SSSR count). The Bertz CT molecular complexity index is 225. The zero-order valence-corrected chi connectivity index (χ0v) is 13.1. The van der Waals surface area contributed by atoms with Gasteiger partial charge in [-0.25, -0.2) is 0 Å². The van der Waals surface area contributed by atoms with Crippen LogP contribution in [0.4, 0.5) is 4.70 Å². The smallest absolute Gasteiger partial charge is 0.0178 e. The molecule has 0 spiro atoms. The Morgan fingerprint density at radius 2 is 1.63 bits per heavy atom. The molecule has 2 heteroatoms. The van der Waals surface area contributed by atoms with Crippen molar-refractivity contribution in [2.75, 3.05) is 13.1 Å². The van der Waals surface area contributed by atoms with Crippen molar-refractivity contribution >= 4 is 0 Å². The molecular formula is C17H34FN. The third kappa shape index (κ3) is 8.28. The average molecular weight is 271 g/mol. The van der Waals surface area contributed by atoms with E-state index in [0.29, 0.717) is 0 Å². The van der Waals surface area contributed by atoms with Crippen LogP contribution in [-0.2, 0) is 0 Å². The molecule has 1 fully saturated rings. The van der Waals surface area contributed by atoms with E-state index in [9.17, 15) is 0 Å². The number of hydrogen-bond donors (Lipinski definition) is 0. The molecule has 0 aliphatic carbocycles. The van der Waals surface area contributed by atoms with Crippen molar-refractivity contribution in [3.05, 3.63) is 11.8 Å². The number of hydrogen-bond acceptors (Lipinski definition) is 1. The summed E-state index contributed by atoms with van der Waals surface area (Å²) in [5, 5.41) is 0. The van der Waals surface area contributed by atoms with Crippen molar-refractivity contribution in [2.24, 2.45) is 0 Å². The lowest BCUT2D eigenvalue weighted by atomic mass is 10.1. The molecule has 19 heavy (non-hydrogen) atoms. The van der Waals surface area contributed by atoms with Gasteiger partial charge in [0.05, 0.1) is 0 Å². The molecule has 1 saturated heterocycles. The molecule has 0 amide bonds. The zero-order valence-electron chi connectivity index (χ0n) is 13.1. The summed E-state index contributed by atoms with van der Waals surface area (Å²) in [5.41, 5.74) is 1.65. The summed E-state index contributed by atoms with van der Waals surface area (Å²) < 4.78 is 0. The van der Waals surface area contributed by atoms with Gasteiger partial charge in [0.1, 0.15) is 0 Å². The molecule has 0 saturated carbocycles. The first-order valence-corrected chi connectivity index (χ1v) is 8.32. The van der Waals surface area contributed by atoms with E-state index in [2.05, 4.69) is 24.8 Å². The summed E-state index contributed by atoms with van der Waals surface area (Å²) in [4.78, 5) is 2.63. The monoisotopic (exact) mass is 271 g/mol. The molecule has 0 bridgehead atoms. The first-order valence-electron chi connectivity index (χ1n) is 8.32. The summed E-state index contributed by atoms with van der Waals surface area (Å²) in [5.74, 6) is 0. The number of rotatable bonds is 10. The fourth-order valence-electron chi connectivity index (χ4n) is 2.78. The number of unbranched alkanes of at least 4 members (excludes halogenated alkanes) is 7. The van der Waals surface area contributed by atoms with E-state index in [1.165, 1.54) is 83.7 Å². The normalized spacial score (nSPS) is 16.9. The van der Waals surface area contributed by atoms with E-state index in [1.54, 1.807) is 5.70 Å². The number of likely N-dealkylation sites (tertiary alicyclic amines) is 1. The highest BCUT2D eigenvalue weighted by molar-refractivity contribution is 5.05. The third-order valence-corrected chi connectivity index (χ3v) is 3.99. The lowest BCUT2D eigenvalue weighted by Crippen LogP contribution is -2.18. The largest absolute Gasteiger partial charge is 0.375 e. The molecule has 1 heterocycles. The second-order valence-corrected chi connectivity index (χ2v) is 5.70. The minimum absolute atomic E-state index is 0. The Labute approximate surface area is 119 Å². The van der Waals surface area contributed by atoms with Gasteiger partial charge in [0, 0.05) is 18.8 Å². The summed E-state index contributed by atoms with van der Waals surface area (Å²) >= 11 is 0. The van der Waals surface area contributed by atoms with E-state index in [0.717, 1.165) is 0 Å². The Kier molecular flexibility index (Phi) is 12.2. The van der Waals surface area contributed by atoms with Gasteiger partial charge in [0.2, 0.25) is 0 Å². The van der Waals surface area contributed by atoms with Crippen molar-refractivity contribution in [3.8, 4) is 0 Å².